The van der Waals surface area contributed by atoms with Gasteiger partial charge in [-0.3, -0.25) is 0 Å². The van der Waals surface area contributed by atoms with Gasteiger partial charge in [-0.1, -0.05) is 37.6 Å². The van der Waals surface area contributed by atoms with Gasteiger partial charge in [-0.15, -0.1) is 0 Å². The first-order valence-electron chi connectivity index (χ1n) is 6.59. The summed E-state index contributed by atoms with van der Waals surface area (Å²) in [6, 6.07) is 9.10. The monoisotopic (exact) mass is 251 g/mol. The molecule has 0 saturated heterocycles. The fourth-order valence-electron chi connectivity index (χ4n) is 1.92. The van der Waals surface area contributed by atoms with E-state index in [-0.39, 0.29) is 6.29 Å². The third-order valence-electron chi connectivity index (χ3n) is 3.13. The SMILES string of the molecule is CCCc1ccc(C(C)NCC(OC)OC)cc1. The average Bonchev–Trinajstić information content (AvgIpc) is 2.41. The quantitative estimate of drug-likeness (QED) is 0.721. The number of nitrogens with one attached hydrogen (secondary N) is 1. The van der Waals surface area contributed by atoms with Crippen LogP contribution in [0, 0.1) is 0 Å². The maximum atomic E-state index is 5.15. The number of rotatable bonds is 8. The Balaban J connectivity index is 2.48. The molecular formula is C15H25NO2. The third-order valence-corrected chi connectivity index (χ3v) is 3.13. The zero-order valence-corrected chi connectivity index (χ0v) is 11.9. The van der Waals surface area contributed by atoms with Crippen molar-refractivity contribution in [3.8, 4) is 0 Å². The molecule has 0 fully saturated rings. The predicted molar refractivity (Wildman–Crippen MR) is 74.7 cm³/mol. The second-order valence-corrected chi connectivity index (χ2v) is 4.52. The van der Waals surface area contributed by atoms with E-state index in [1.165, 1.54) is 17.5 Å². The molecule has 1 aromatic carbocycles. The van der Waals surface area contributed by atoms with Crippen molar-refractivity contribution in [2.45, 2.75) is 39.0 Å². The van der Waals surface area contributed by atoms with Crippen LogP contribution in [-0.2, 0) is 15.9 Å². The molecule has 1 rings (SSSR count). The first kappa shape index (κ1) is 15.2. The van der Waals surface area contributed by atoms with Crippen LogP contribution in [-0.4, -0.2) is 27.1 Å². The molecule has 102 valence electrons. The van der Waals surface area contributed by atoms with Crippen LogP contribution in [0.4, 0.5) is 0 Å². The fraction of sp³-hybridized carbons (Fsp3) is 0.600. The maximum absolute atomic E-state index is 5.15. The van der Waals surface area contributed by atoms with Crippen LogP contribution in [0.1, 0.15) is 37.4 Å². The maximum Gasteiger partial charge on any atom is 0.169 e. The predicted octanol–water partition coefficient (Wildman–Crippen LogP) is 2.91. The van der Waals surface area contributed by atoms with Gasteiger partial charge in [0.05, 0.1) is 0 Å². The zero-order chi connectivity index (χ0) is 13.4. The number of ether oxygens (including phenoxy) is 2. The molecule has 0 bridgehead atoms. The Morgan fingerprint density at radius 3 is 2.22 bits per heavy atom. The van der Waals surface area contributed by atoms with Gasteiger partial charge in [-0.05, 0) is 24.5 Å². The van der Waals surface area contributed by atoms with Crippen molar-refractivity contribution < 1.29 is 9.47 Å². The number of methoxy groups -OCH3 is 2. The van der Waals surface area contributed by atoms with Crippen LogP contribution in [0.25, 0.3) is 0 Å². The van der Waals surface area contributed by atoms with Gasteiger partial charge in [0.1, 0.15) is 0 Å². The molecule has 0 radical (unpaired) electrons. The van der Waals surface area contributed by atoms with Gasteiger partial charge in [0.15, 0.2) is 6.29 Å². The van der Waals surface area contributed by atoms with Crippen LogP contribution in [0.3, 0.4) is 0 Å². The van der Waals surface area contributed by atoms with E-state index in [2.05, 4.69) is 43.4 Å². The van der Waals surface area contributed by atoms with Crippen molar-refractivity contribution in [2.75, 3.05) is 20.8 Å². The highest BCUT2D eigenvalue weighted by Crippen LogP contribution is 2.14. The highest BCUT2D eigenvalue weighted by molar-refractivity contribution is 5.24. The van der Waals surface area contributed by atoms with Crippen LogP contribution < -0.4 is 5.32 Å². The second kappa shape index (κ2) is 8.25. The van der Waals surface area contributed by atoms with Crippen molar-refractivity contribution in [3.05, 3.63) is 35.4 Å². The van der Waals surface area contributed by atoms with Crippen molar-refractivity contribution >= 4 is 0 Å². The summed E-state index contributed by atoms with van der Waals surface area (Å²) in [5, 5.41) is 3.40. The first-order valence-corrected chi connectivity index (χ1v) is 6.59. The molecular weight excluding hydrogens is 226 g/mol. The smallest absolute Gasteiger partial charge is 0.169 e. The van der Waals surface area contributed by atoms with Crippen LogP contribution in [0.5, 0.6) is 0 Å². The minimum atomic E-state index is -0.188. The molecule has 0 aliphatic heterocycles. The number of aryl methyl sites for hydroxylation is 1. The van der Waals surface area contributed by atoms with E-state index < -0.39 is 0 Å². The molecule has 3 nitrogen and oxygen atoms in total. The Morgan fingerprint density at radius 1 is 1.11 bits per heavy atom. The van der Waals surface area contributed by atoms with Crippen molar-refractivity contribution in [2.24, 2.45) is 0 Å². The van der Waals surface area contributed by atoms with E-state index in [0.717, 1.165) is 6.42 Å². The molecule has 1 N–H and O–H groups in total. The van der Waals surface area contributed by atoms with E-state index in [0.29, 0.717) is 12.6 Å². The lowest BCUT2D eigenvalue weighted by Crippen LogP contribution is -2.31. The summed E-state index contributed by atoms with van der Waals surface area (Å²) in [6.45, 7) is 5.04. The third kappa shape index (κ3) is 4.77. The Bertz CT molecular complexity index is 320. The topological polar surface area (TPSA) is 30.5 Å². The highest BCUT2D eigenvalue weighted by atomic mass is 16.7. The summed E-state index contributed by atoms with van der Waals surface area (Å²) in [5.74, 6) is 0. The van der Waals surface area contributed by atoms with E-state index in [9.17, 15) is 0 Å². The molecule has 0 aliphatic rings. The van der Waals surface area contributed by atoms with Crippen molar-refractivity contribution in [1.29, 1.82) is 0 Å². The molecule has 18 heavy (non-hydrogen) atoms. The van der Waals surface area contributed by atoms with Gasteiger partial charge < -0.3 is 14.8 Å². The Hall–Kier alpha value is -0.900. The van der Waals surface area contributed by atoms with Gasteiger partial charge >= 0.3 is 0 Å². The largest absolute Gasteiger partial charge is 0.355 e. The van der Waals surface area contributed by atoms with Crippen molar-refractivity contribution in [3.63, 3.8) is 0 Å². The molecule has 0 amide bonds. The standard InChI is InChI=1S/C15H25NO2/c1-5-6-13-7-9-14(10-8-13)12(2)16-11-15(17-3)18-4/h7-10,12,15-16H,5-6,11H2,1-4H3. The normalized spacial score (nSPS) is 12.9. The van der Waals surface area contributed by atoms with Crippen LogP contribution in [0.2, 0.25) is 0 Å². The first-order chi connectivity index (χ1) is 8.71. The molecule has 0 saturated carbocycles. The molecule has 0 spiro atoms. The Labute approximate surface area is 110 Å². The Kier molecular flexibility index (Phi) is 6.94. The van der Waals surface area contributed by atoms with E-state index in [1.54, 1.807) is 14.2 Å². The minimum absolute atomic E-state index is 0.188. The molecule has 1 unspecified atom stereocenters. The summed E-state index contributed by atoms with van der Waals surface area (Å²) in [6.07, 6.45) is 2.15. The van der Waals surface area contributed by atoms with Gasteiger partial charge in [-0.2, -0.15) is 0 Å². The van der Waals surface area contributed by atoms with Gasteiger partial charge in [0.2, 0.25) is 0 Å². The molecule has 0 aliphatic carbocycles. The summed E-state index contributed by atoms with van der Waals surface area (Å²) in [5.41, 5.74) is 2.70. The average molecular weight is 251 g/mol. The van der Waals surface area contributed by atoms with E-state index in [1.807, 2.05) is 0 Å². The highest BCUT2D eigenvalue weighted by Gasteiger charge is 2.09. The van der Waals surface area contributed by atoms with Gasteiger partial charge in [0.25, 0.3) is 0 Å². The summed E-state index contributed by atoms with van der Waals surface area (Å²) in [4.78, 5) is 0. The Morgan fingerprint density at radius 2 is 1.72 bits per heavy atom. The summed E-state index contributed by atoms with van der Waals surface area (Å²) >= 11 is 0. The van der Waals surface area contributed by atoms with E-state index >= 15 is 0 Å². The molecule has 1 aromatic rings. The molecule has 0 heterocycles. The number of benzene rings is 1. The van der Waals surface area contributed by atoms with Gasteiger partial charge in [0, 0.05) is 26.8 Å². The minimum Gasteiger partial charge on any atom is -0.355 e. The lowest BCUT2D eigenvalue weighted by atomic mass is 10.0. The lowest BCUT2D eigenvalue weighted by molar-refractivity contribution is -0.0997. The number of hydrogen-bond donors (Lipinski definition) is 1. The lowest BCUT2D eigenvalue weighted by Gasteiger charge is -2.19. The second-order valence-electron chi connectivity index (χ2n) is 4.52. The van der Waals surface area contributed by atoms with Crippen LogP contribution in [0.15, 0.2) is 24.3 Å². The van der Waals surface area contributed by atoms with Gasteiger partial charge in [-0.25, -0.2) is 0 Å². The summed E-state index contributed by atoms with van der Waals surface area (Å²) in [7, 11) is 3.31. The van der Waals surface area contributed by atoms with E-state index in [4.69, 9.17) is 9.47 Å². The van der Waals surface area contributed by atoms with Crippen molar-refractivity contribution in [1.82, 2.24) is 5.32 Å². The zero-order valence-electron chi connectivity index (χ0n) is 11.9. The molecule has 1 atom stereocenters. The summed E-state index contributed by atoms with van der Waals surface area (Å²) < 4.78 is 10.3. The number of hydrogen-bond acceptors (Lipinski definition) is 3. The molecule has 0 aromatic heterocycles. The fourth-order valence-corrected chi connectivity index (χ4v) is 1.92. The van der Waals surface area contributed by atoms with Crippen LogP contribution >= 0.6 is 0 Å². The molecule has 3 heteroatoms.